The smallest absolute Gasteiger partial charge is 0.336 e. The number of benzene rings is 1. The molecule has 0 aliphatic heterocycles. The van der Waals surface area contributed by atoms with Gasteiger partial charge in [0.2, 0.25) is 5.91 Å². The molecule has 0 heterocycles. The van der Waals surface area contributed by atoms with Gasteiger partial charge in [-0.3, -0.25) is 4.79 Å². The highest BCUT2D eigenvalue weighted by Gasteiger charge is 2.16. The first kappa shape index (κ1) is 10.8. The van der Waals surface area contributed by atoms with Crippen LogP contribution in [0.15, 0.2) is 12.1 Å². The molecule has 0 atom stereocenters. The highest BCUT2D eigenvalue weighted by molar-refractivity contribution is 6.42. The summed E-state index contributed by atoms with van der Waals surface area (Å²) in [5, 5.41) is 8.87. The predicted octanol–water partition coefficient (Wildman–Crippen LogP) is 1.79. The standard InChI is InChI=1S/C8H5Cl2NO3/c9-5-1-3(7(11)12)4(8(13)14)2-6(5)10/h1-2H,(H2,11,12)(H,13,14). The zero-order valence-corrected chi connectivity index (χ0v) is 8.26. The van der Waals surface area contributed by atoms with Gasteiger partial charge in [-0.05, 0) is 12.1 Å². The van der Waals surface area contributed by atoms with E-state index in [9.17, 15) is 9.59 Å². The van der Waals surface area contributed by atoms with Crippen molar-refractivity contribution >= 4 is 35.1 Å². The molecule has 74 valence electrons. The maximum absolute atomic E-state index is 10.8. The van der Waals surface area contributed by atoms with Gasteiger partial charge in [-0.1, -0.05) is 23.2 Å². The zero-order valence-electron chi connectivity index (χ0n) is 6.75. The molecular formula is C8H5Cl2NO3. The zero-order chi connectivity index (χ0) is 10.9. The molecule has 0 saturated heterocycles. The van der Waals surface area contributed by atoms with Crippen molar-refractivity contribution in [1.29, 1.82) is 0 Å². The fraction of sp³-hybridized carbons (Fsp3) is 0. The van der Waals surface area contributed by atoms with Gasteiger partial charge in [-0.25, -0.2) is 4.79 Å². The second-order valence-corrected chi connectivity index (χ2v) is 3.30. The summed E-state index contributed by atoms with van der Waals surface area (Å²) >= 11 is 11.2. The predicted molar refractivity (Wildman–Crippen MR) is 51.9 cm³/mol. The normalized spacial score (nSPS) is 9.86. The van der Waals surface area contributed by atoms with Crippen LogP contribution in [0.1, 0.15) is 20.7 Å². The van der Waals surface area contributed by atoms with Crippen LogP contribution < -0.4 is 5.73 Å². The third-order valence-electron chi connectivity index (χ3n) is 1.56. The number of hydrogen-bond acceptors (Lipinski definition) is 2. The lowest BCUT2D eigenvalue weighted by atomic mass is 10.1. The minimum atomic E-state index is -1.28. The molecule has 0 aliphatic rings. The summed E-state index contributed by atoms with van der Waals surface area (Å²) in [4.78, 5) is 21.5. The van der Waals surface area contributed by atoms with E-state index in [0.717, 1.165) is 12.1 Å². The Hall–Kier alpha value is -1.26. The van der Waals surface area contributed by atoms with Crippen LogP contribution in [-0.4, -0.2) is 17.0 Å². The number of carboxylic acids is 1. The Morgan fingerprint density at radius 1 is 1.14 bits per heavy atom. The van der Waals surface area contributed by atoms with E-state index >= 15 is 0 Å². The molecule has 14 heavy (non-hydrogen) atoms. The van der Waals surface area contributed by atoms with Crippen LogP contribution in [0, 0.1) is 0 Å². The molecule has 4 nitrogen and oxygen atoms in total. The van der Waals surface area contributed by atoms with Gasteiger partial charge >= 0.3 is 5.97 Å². The quantitative estimate of drug-likeness (QED) is 0.818. The number of amides is 1. The highest BCUT2D eigenvalue weighted by Crippen LogP contribution is 2.25. The third kappa shape index (κ3) is 1.97. The van der Waals surface area contributed by atoms with E-state index in [2.05, 4.69) is 0 Å². The van der Waals surface area contributed by atoms with Gasteiger partial charge in [0, 0.05) is 0 Å². The van der Waals surface area contributed by atoms with Crippen molar-refractivity contribution in [3.63, 3.8) is 0 Å². The summed E-state index contributed by atoms with van der Waals surface area (Å²) in [5.41, 5.74) is 4.55. The lowest BCUT2D eigenvalue weighted by Crippen LogP contribution is -2.16. The molecule has 1 amide bonds. The summed E-state index contributed by atoms with van der Waals surface area (Å²) in [7, 11) is 0. The van der Waals surface area contributed by atoms with Crippen molar-refractivity contribution < 1.29 is 14.7 Å². The third-order valence-corrected chi connectivity index (χ3v) is 2.28. The first-order valence-electron chi connectivity index (χ1n) is 3.45. The molecular weight excluding hydrogens is 229 g/mol. The molecule has 0 aliphatic carbocycles. The van der Waals surface area contributed by atoms with Crippen LogP contribution in [0.3, 0.4) is 0 Å². The van der Waals surface area contributed by atoms with E-state index in [1.807, 2.05) is 0 Å². The fourth-order valence-electron chi connectivity index (χ4n) is 0.928. The van der Waals surface area contributed by atoms with Crippen LogP contribution in [0.25, 0.3) is 0 Å². The number of primary amides is 1. The number of nitrogens with two attached hydrogens (primary N) is 1. The fourth-order valence-corrected chi connectivity index (χ4v) is 1.25. The van der Waals surface area contributed by atoms with Gasteiger partial charge in [-0.2, -0.15) is 0 Å². The molecule has 1 aromatic carbocycles. The first-order valence-corrected chi connectivity index (χ1v) is 4.21. The molecule has 0 bridgehead atoms. The van der Waals surface area contributed by atoms with E-state index in [0.29, 0.717) is 0 Å². The summed E-state index contributed by atoms with van der Waals surface area (Å²) in [6.45, 7) is 0. The van der Waals surface area contributed by atoms with Crippen LogP contribution in [0.5, 0.6) is 0 Å². The van der Waals surface area contributed by atoms with Gasteiger partial charge in [0.25, 0.3) is 0 Å². The Labute approximate surface area is 89.2 Å². The van der Waals surface area contributed by atoms with Crippen molar-refractivity contribution in [1.82, 2.24) is 0 Å². The SMILES string of the molecule is NC(=O)c1cc(Cl)c(Cl)cc1C(=O)O. The molecule has 0 unspecified atom stereocenters. The first-order chi connectivity index (χ1) is 6.43. The molecule has 1 aromatic rings. The molecule has 0 saturated carbocycles. The van der Waals surface area contributed by atoms with Crippen molar-refractivity contribution in [2.24, 2.45) is 5.73 Å². The van der Waals surface area contributed by atoms with Crippen molar-refractivity contribution in [2.75, 3.05) is 0 Å². The van der Waals surface area contributed by atoms with Crippen molar-refractivity contribution in [3.8, 4) is 0 Å². The van der Waals surface area contributed by atoms with Crippen molar-refractivity contribution in [3.05, 3.63) is 33.3 Å². The van der Waals surface area contributed by atoms with Crippen LogP contribution in [0.2, 0.25) is 10.0 Å². The van der Waals surface area contributed by atoms with Crippen LogP contribution >= 0.6 is 23.2 Å². The van der Waals surface area contributed by atoms with Gasteiger partial charge in [0.1, 0.15) is 0 Å². The van der Waals surface area contributed by atoms with Gasteiger partial charge < -0.3 is 10.8 Å². The molecule has 0 radical (unpaired) electrons. The number of rotatable bonds is 2. The molecule has 3 N–H and O–H groups in total. The average molecular weight is 234 g/mol. The highest BCUT2D eigenvalue weighted by atomic mass is 35.5. The topological polar surface area (TPSA) is 80.4 Å². The van der Waals surface area contributed by atoms with Gasteiger partial charge in [-0.15, -0.1) is 0 Å². The van der Waals surface area contributed by atoms with Gasteiger partial charge in [0.05, 0.1) is 21.2 Å². The average Bonchev–Trinajstić information content (AvgIpc) is 2.08. The van der Waals surface area contributed by atoms with E-state index in [1.165, 1.54) is 0 Å². The van der Waals surface area contributed by atoms with E-state index in [4.69, 9.17) is 34.0 Å². The van der Waals surface area contributed by atoms with E-state index < -0.39 is 11.9 Å². The maximum atomic E-state index is 10.8. The van der Waals surface area contributed by atoms with Crippen molar-refractivity contribution in [2.45, 2.75) is 0 Å². The Balaban J connectivity index is 3.46. The Kier molecular flexibility index (Phi) is 2.98. The molecule has 1 rings (SSSR count). The largest absolute Gasteiger partial charge is 0.478 e. The molecule has 0 fully saturated rings. The minimum absolute atomic E-state index is 0.0640. The summed E-state index contributed by atoms with van der Waals surface area (Å²) in [6.07, 6.45) is 0. The number of carbonyl (C=O) groups excluding carboxylic acids is 1. The lowest BCUT2D eigenvalue weighted by Gasteiger charge is -2.04. The second-order valence-electron chi connectivity index (χ2n) is 2.48. The molecule has 6 heteroatoms. The molecule has 0 spiro atoms. The van der Waals surface area contributed by atoms with E-state index in [-0.39, 0.29) is 21.2 Å². The van der Waals surface area contributed by atoms with Gasteiger partial charge in [0.15, 0.2) is 0 Å². The lowest BCUT2D eigenvalue weighted by molar-refractivity contribution is 0.0692. The monoisotopic (exact) mass is 233 g/mol. The Morgan fingerprint density at radius 2 is 1.57 bits per heavy atom. The second kappa shape index (κ2) is 3.86. The number of halogens is 2. The molecule has 0 aromatic heterocycles. The Bertz CT molecular complexity index is 378. The van der Waals surface area contributed by atoms with Crippen LogP contribution in [-0.2, 0) is 0 Å². The van der Waals surface area contributed by atoms with Crippen LogP contribution in [0.4, 0.5) is 0 Å². The summed E-state index contributed by atoms with van der Waals surface area (Å²) < 4.78 is 0. The summed E-state index contributed by atoms with van der Waals surface area (Å²) in [6, 6.07) is 2.22. The van der Waals surface area contributed by atoms with E-state index in [1.54, 1.807) is 0 Å². The number of hydrogen-bond donors (Lipinski definition) is 2. The minimum Gasteiger partial charge on any atom is -0.478 e. The Morgan fingerprint density at radius 3 is 1.93 bits per heavy atom. The number of carbonyl (C=O) groups is 2. The maximum Gasteiger partial charge on any atom is 0.336 e. The number of aromatic carboxylic acids is 1. The summed E-state index contributed by atoms with van der Waals surface area (Å²) in [5.74, 6) is -2.14. The number of carboxylic acid groups (broad SMARTS) is 1.